The van der Waals surface area contributed by atoms with Crippen molar-refractivity contribution in [2.75, 3.05) is 26.7 Å². The number of rotatable bonds is 3. The summed E-state index contributed by atoms with van der Waals surface area (Å²) >= 11 is 0. The van der Waals surface area contributed by atoms with E-state index in [2.05, 4.69) is 5.32 Å². The summed E-state index contributed by atoms with van der Waals surface area (Å²) in [5.41, 5.74) is -0.664. The van der Waals surface area contributed by atoms with Gasteiger partial charge in [0.15, 0.2) is 0 Å². The second-order valence-electron chi connectivity index (χ2n) is 5.03. The predicted octanol–water partition coefficient (Wildman–Crippen LogP) is 1.01. The van der Waals surface area contributed by atoms with E-state index in [-0.39, 0.29) is 11.5 Å². The van der Waals surface area contributed by atoms with Gasteiger partial charge in [-0.05, 0) is 32.0 Å². The van der Waals surface area contributed by atoms with Crippen LogP contribution in [-0.4, -0.2) is 48.2 Å². The van der Waals surface area contributed by atoms with E-state index in [1.54, 1.807) is 24.1 Å². The van der Waals surface area contributed by atoms with Crippen LogP contribution in [0.25, 0.3) is 0 Å². The van der Waals surface area contributed by atoms with Crippen LogP contribution in [0, 0.1) is 5.82 Å². The Kier molecular flexibility index (Phi) is 4.17. The Labute approximate surface area is 112 Å². The number of amides is 1. The Bertz CT molecular complexity index is 457. The number of aliphatic hydroxyl groups is 1. The van der Waals surface area contributed by atoms with Crippen molar-refractivity contribution in [2.24, 2.45) is 0 Å². The highest BCUT2D eigenvalue weighted by Gasteiger charge is 2.33. The molecule has 0 unspecified atom stereocenters. The van der Waals surface area contributed by atoms with Crippen LogP contribution in [0.3, 0.4) is 0 Å². The van der Waals surface area contributed by atoms with Gasteiger partial charge in [0, 0.05) is 19.6 Å². The highest BCUT2D eigenvalue weighted by atomic mass is 19.1. The van der Waals surface area contributed by atoms with Gasteiger partial charge in [-0.25, -0.2) is 4.39 Å². The molecule has 1 heterocycles. The molecule has 104 valence electrons. The number of halogens is 1. The van der Waals surface area contributed by atoms with Crippen LogP contribution in [0.4, 0.5) is 4.39 Å². The van der Waals surface area contributed by atoms with Gasteiger partial charge in [-0.1, -0.05) is 12.1 Å². The summed E-state index contributed by atoms with van der Waals surface area (Å²) in [4.78, 5) is 13.8. The Morgan fingerprint density at radius 3 is 2.63 bits per heavy atom. The minimum Gasteiger partial charge on any atom is -0.388 e. The maximum Gasteiger partial charge on any atom is 0.256 e. The van der Waals surface area contributed by atoms with Crippen LogP contribution in [0.5, 0.6) is 0 Å². The van der Waals surface area contributed by atoms with Gasteiger partial charge >= 0.3 is 0 Å². The summed E-state index contributed by atoms with van der Waals surface area (Å²) in [6, 6.07) is 5.99. The maximum atomic E-state index is 13.6. The Balaban J connectivity index is 2.02. The monoisotopic (exact) mass is 266 g/mol. The van der Waals surface area contributed by atoms with Gasteiger partial charge in [0.05, 0.1) is 11.2 Å². The van der Waals surface area contributed by atoms with Crippen molar-refractivity contribution in [1.82, 2.24) is 10.2 Å². The zero-order valence-corrected chi connectivity index (χ0v) is 11.0. The van der Waals surface area contributed by atoms with Crippen LogP contribution in [0.2, 0.25) is 0 Å². The molecule has 0 radical (unpaired) electrons. The number of carbonyl (C=O) groups excluding carboxylic acids is 1. The minimum absolute atomic E-state index is 0.0987. The standard InChI is InChI=1S/C14H19FN2O2/c1-16-10-14(19)6-8-17(9-7-14)13(18)11-4-2-3-5-12(11)15/h2-5,16,19H,6-10H2,1H3. The minimum atomic E-state index is -0.763. The van der Waals surface area contributed by atoms with Crippen LogP contribution in [0.15, 0.2) is 24.3 Å². The number of nitrogens with zero attached hydrogens (tertiary/aromatic N) is 1. The first-order valence-electron chi connectivity index (χ1n) is 6.46. The summed E-state index contributed by atoms with van der Waals surface area (Å²) in [5.74, 6) is -0.798. The quantitative estimate of drug-likeness (QED) is 0.858. The SMILES string of the molecule is CNCC1(O)CCN(C(=O)c2ccccc2F)CC1. The number of likely N-dealkylation sites (N-methyl/N-ethyl adjacent to an activating group) is 1. The molecule has 0 aromatic heterocycles. The third-order valence-corrected chi connectivity index (χ3v) is 3.59. The van der Waals surface area contributed by atoms with E-state index in [1.165, 1.54) is 12.1 Å². The van der Waals surface area contributed by atoms with E-state index in [9.17, 15) is 14.3 Å². The molecular weight excluding hydrogens is 247 g/mol. The first-order chi connectivity index (χ1) is 9.06. The lowest BCUT2D eigenvalue weighted by Crippen LogP contribution is -2.50. The summed E-state index contributed by atoms with van der Waals surface area (Å²) < 4.78 is 13.6. The highest BCUT2D eigenvalue weighted by molar-refractivity contribution is 5.94. The maximum absolute atomic E-state index is 13.6. The average molecular weight is 266 g/mol. The second-order valence-corrected chi connectivity index (χ2v) is 5.03. The second kappa shape index (κ2) is 5.67. The molecule has 1 aromatic rings. The van der Waals surface area contributed by atoms with E-state index in [0.717, 1.165) is 0 Å². The van der Waals surface area contributed by atoms with Gasteiger partial charge in [-0.2, -0.15) is 0 Å². The van der Waals surface area contributed by atoms with Gasteiger partial charge in [-0.15, -0.1) is 0 Å². The number of piperidine rings is 1. The lowest BCUT2D eigenvalue weighted by molar-refractivity contribution is -0.0144. The van der Waals surface area contributed by atoms with Crippen molar-refractivity contribution in [3.05, 3.63) is 35.6 Å². The van der Waals surface area contributed by atoms with Crippen molar-refractivity contribution in [2.45, 2.75) is 18.4 Å². The Morgan fingerprint density at radius 2 is 2.05 bits per heavy atom. The van der Waals surface area contributed by atoms with Crippen molar-refractivity contribution in [3.63, 3.8) is 0 Å². The molecule has 0 spiro atoms. The Hall–Kier alpha value is -1.46. The molecule has 4 nitrogen and oxygen atoms in total. The molecule has 0 saturated carbocycles. The number of likely N-dealkylation sites (tertiary alicyclic amines) is 1. The average Bonchev–Trinajstić information content (AvgIpc) is 2.39. The smallest absolute Gasteiger partial charge is 0.256 e. The largest absolute Gasteiger partial charge is 0.388 e. The molecule has 1 aromatic carbocycles. The summed E-state index contributed by atoms with van der Waals surface area (Å²) in [6.07, 6.45) is 1.02. The fourth-order valence-corrected chi connectivity index (χ4v) is 2.44. The van der Waals surface area contributed by atoms with Crippen molar-refractivity contribution >= 4 is 5.91 Å². The highest BCUT2D eigenvalue weighted by Crippen LogP contribution is 2.23. The molecule has 1 fully saturated rings. The van der Waals surface area contributed by atoms with Gasteiger partial charge in [0.25, 0.3) is 5.91 Å². The molecule has 0 aliphatic carbocycles. The molecule has 2 N–H and O–H groups in total. The molecule has 19 heavy (non-hydrogen) atoms. The zero-order chi connectivity index (χ0) is 13.9. The lowest BCUT2D eigenvalue weighted by atomic mass is 9.91. The first kappa shape index (κ1) is 14.0. The van der Waals surface area contributed by atoms with Crippen LogP contribution >= 0.6 is 0 Å². The van der Waals surface area contributed by atoms with Gasteiger partial charge in [0.1, 0.15) is 5.82 Å². The molecule has 1 aliphatic rings. The summed E-state index contributed by atoms with van der Waals surface area (Å²) in [5, 5.41) is 13.2. The summed E-state index contributed by atoms with van der Waals surface area (Å²) in [6.45, 7) is 1.41. The van der Waals surface area contributed by atoms with E-state index < -0.39 is 11.4 Å². The van der Waals surface area contributed by atoms with E-state index >= 15 is 0 Å². The fraction of sp³-hybridized carbons (Fsp3) is 0.500. The molecular formula is C14H19FN2O2. The van der Waals surface area contributed by atoms with E-state index in [1.807, 2.05) is 0 Å². The van der Waals surface area contributed by atoms with E-state index in [4.69, 9.17) is 0 Å². The number of carbonyl (C=O) groups is 1. The van der Waals surface area contributed by atoms with Crippen LogP contribution < -0.4 is 5.32 Å². The molecule has 1 saturated heterocycles. The molecule has 2 rings (SSSR count). The molecule has 0 bridgehead atoms. The predicted molar refractivity (Wildman–Crippen MR) is 70.4 cm³/mol. The number of nitrogens with one attached hydrogen (secondary N) is 1. The Morgan fingerprint density at radius 1 is 1.42 bits per heavy atom. The van der Waals surface area contributed by atoms with Gasteiger partial charge < -0.3 is 15.3 Å². The number of benzene rings is 1. The molecule has 1 amide bonds. The molecule has 1 aliphatic heterocycles. The third-order valence-electron chi connectivity index (χ3n) is 3.59. The van der Waals surface area contributed by atoms with Crippen molar-refractivity contribution in [1.29, 1.82) is 0 Å². The number of hydrogen-bond donors (Lipinski definition) is 2. The summed E-state index contributed by atoms with van der Waals surface area (Å²) in [7, 11) is 1.79. The topological polar surface area (TPSA) is 52.6 Å². The van der Waals surface area contributed by atoms with Crippen molar-refractivity contribution in [3.8, 4) is 0 Å². The molecule has 5 heteroatoms. The van der Waals surface area contributed by atoms with Crippen molar-refractivity contribution < 1.29 is 14.3 Å². The van der Waals surface area contributed by atoms with Crippen LogP contribution in [0.1, 0.15) is 23.2 Å². The third kappa shape index (κ3) is 3.11. The van der Waals surface area contributed by atoms with E-state index in [0.29, 0.717) is 32.5 Å². The normalized spacial score (nSPS) is 18.4. The van der Waals surface area contributed by atoms with Gasteiger partial charge in [-0.3, -0.25) is 4.79 Å². The number of hydrogen-bond acceptors (Lipinski definition) is 3. The fourth-order valence-electron chi connectivity index (χ4n) is 2.44. The zero-order valence-electron chi connectivity index (χ0n) is 11.0. The lowest BCUT2D eigenvalue weighted by Gasteiger charge is -2.38. The van der Waals surface area contributed by atoms with Gasteiger partial charge in [0.2, 0.25) is 0 Å². The first-order valence-corrected chi connectivity index (χ1v) is 6.46. The van der Waals surface area contributed by atoms with Crippen LogP contribution in [-0.2, 0) is 0 Å². The molecule has 0 atom stereocenters.